The average Bonchev–Trinajstić information content (AvgIpc) is 2.98. The molecule has 0 saturated heterocycles. The summed E-state index contributed by atoms with van der Waals surface area (Å²) in [5.74, 6) is -0.809. The van der Waals surface area contributed by atoms with Gasteiger partial charge in [-0.05, 0) is 23.4 Å². The van der Waals surface area contributed by atoms with Crippen LogP contribution in [0.2, 0.25) is 5.02 Å². The Bertz CT molecular complexity index is 797. The molecule has 1 heterocycles. The molecule has 5 N–H and O–H groups in total. The van der Waals surface area contributed by atoms with Gasteiger partial charge in [-0.1, -0.05) is 16.8 Å². The number of aliphatic imine (C=N–C) groups is 1. The molecule has 0 saturated carbocycles. The summed E-state index contributed by atoms with van der Waals surface area (Å²) in [6.07, 6.45) is 1.52. The van der Waals surface area contributed by atoms with Crippen molar-refractivity contribution < 1.29 is 9.02 Å². The molecule has 1 aromatic carbocycles. The van der Waals surface area contributed by atoms with Crippen molar-refractivity contribution in [3.63, 3.8) is 0 Å². The van der Waals surface area contributed by atoms with Crippen LogP contribution in [-0.2, 0) is 6.54 Å². The third-order valence-corrected chi connectivity index (χ3v) is 2.88. The van der Waals surface area contributed by atoms with Gasteiger partial charge in [-0.15, -0.1) is 4.99 Å². The van der Waals surface area contributed by atoms with Gasteiger partial charge < -0.3 is 16.4 Å². The van der Waals surface area contributed by atoms with E-state index in [1.165, 1.54) is 24.4 Å². The third-order valence-electron chi connectivity index (χ3n) is 2.59. The van der Waals surface area contributed by atoms with Crippen molar-refractivity contribution in [2.24, 2.45) is 10.7 Å². The highest BCUT2D eigenvalue weighted by molar-refractivity contribution is 6.31. The van der Waals surface area contributed by atoms with Crippen molar-refractivity contribution in [1.82, 2.24) is 15.6 Å². The quantitative estimate of drug-likeness (QED) is 0.372. The first kappa shape index (κ1) is 16.2. The van der Waals surface area contributed by atoms with Crippen LogP contribution in [0.5, 0.6) is 0 Å². The SMILES string of the molecule is N#CN=C(N)NCc1nonc1C(=N)Nc1ccc(F)c(Cl)c1. The van der Waals surface area contributed by atoms with Crippen LogP contribution >= 0.6 is 11.6 Å². The number of benzene rings is 1. The average molecular weight is 337 g/mol. The summed E-state index contributed by atoms with van der Waals surface area (Å²) in [5.41, 5.74) is 6.18. The van der Waals surface area contributed by atoms with Gasteiger partial charge in [0, 0.05) is 5.69 Å². The topological polar surface area (TPSA) is 149 Å². The van der Waals surface area contributed by atoms with Crippen molar-refractivity contribution in [3.8, 4) is 6.19 Å². The lowest BCUT2D eigenvalue weighted by Gasteiger charge is -2.07. The summed E-state index contributed by atoms with van der Waals surface area (Å²) in [7, 11) is 0. The fourth-order valence-electron chi connectivity index (χ4n) is 1.56. The fraction of sp³-hybridized carbons (Fsp3) is 0.0833. The smallest absolute Gasteiger partial charge is 0.209 e. The molecule has 0 aliphatic heterocycles. The molecule has 2 rings (SSSR count). The second kappa shape index (κ2) is 7.19. The third kappa shape index (κ3) is 4.14. The maximum atomic E-state index is 13.1. The first-order valence-corrected chi connectivity index (χ1v) is 6.47. The Morgan fingerprint density at radius 3 is 3.00 bits per heavy atom. The van der Waals surface area contributed by atoms with E-state index in [1.54, 1.807) is 0 Å². The molecule has 9 nitrogen and oxygen atoms in total. The predicted octanol–water partition coefficient (Wildman–Crippen LogP) is 1.18. The molecule has 0 fully saturated rings. The zero-order valence-corrected chi connectivity index (χ0v) is 12.2. The van der Waals surface area contributed by atoms with Crippen molar-refractivity contribution in [2.75, 3.05) is 5.32 Å². The molecule has 2 aromatic rings. The van der Waals surface area contributed by atoms with Crippen LogP contribution in [0.4, 0.5) is 10.1 Å². The van der Waals surface area contributed by atoms with E-state index in [0.717, 1.165) is 0 Å². The number of aromatic nitrogens is 2. The Kier molecular flexibility index (Phi) is 5.06. The van der Waals surface area contributed by atoms with Crippen LogP contribution in [0.25, 0.3) is 0 Å². The number of hydrogen-bond acceptors (Lipinski definition) is 6. The number of nitrogens with zero attached hydrogens (tertiary/aromatic N) is 4. The van der Waals surface area contributed by atoms with Gasteiger partial charge in [0.25, 0.3) is 0 Å². The Labute approximate surface area is 134 Å². The zero-order valence-electron chi connectivity index (χ0n) is 11.5. The molecule has 118 valence electrons. The van der Waals surface area contributed by atoms with Gasteiger partial charge in [0.05, 0.1) is 11.6 Å². The van der Waals surface area contributed by atoms with E-state index in [-0.39, 0.29) is 34.8 Å². The van der Waals surface area contributed by atoms with Gasteiger partial charge in [0.2, 0.25) is 12.2 Å². The minimum atomic E-state index is -0.566. The van der Waals surface area contributed by atoms with Crippen LogP contribution in [0.1, 0.15) is 11.4 Å². The highest BCUT2D eigenvalue weighted by Crippen LogP contribution is 2.20. The fourth-order valence-corrected chi connectivity index (χ4v) is 1.74. The number of nitriles is 1. The van der Waals surface area contributed by atoms with Crippen LogP contribution < -0.4 is 16.4 Å². The summed E-state index contributed by atoms with van der Waals surface area (Å²) < 4.78 is 17.7. The van der Waals surface area contributed by atoms with Crippen molar-refractivity contribution in [2.45, 2.75) is 6.54 Å². The second-order valence-corrected chi connectivity index (χ2v) is 4.55. The molecule has 0 spiro atoms. The van der Waals surface area contributed by atoms with Crippen molar-refractivity contribution >= 4 is 29.1 Å². The standard InChI is InChI=1S/C12H10ClFN8O/c13-7-3-6(1-2-8(7)14)20-11(16)10-9(21-23-22-10)4-18-12(17)19-5-15/h1-3H,4H2,(H2,16,20)(H3,17,18,19). The molecule has 0 bridgehead atoms. The van der Waals surface area contributed by atoms with Gasteiger partial charge in [0.15, 0.2) is 11.5 Å². The second-order valence-electron chi connectivity index (χ2n) is 4.14. The van der Waals surface area contributed by atoms with Gasteiger partial charge >= 0.3 is 0 Å². The maximum Gasteiger partial charge on any atom is 0.209 e. The molecule has 1 aromatic heterocycles. The van der Waals surface area contributed by atoms with E-state index in [2.05, 4.69) is 30.6 Å². The molecule has 0 atom stereocenters. The molecular formula is C12H10ClFN8O. The van der Waals surface area contributed by atoms with Gasteiger partial charge in [-0.2, -0.15) is 5.26 Å². The minimum absolute atomic E-state index is 0.0457. The normalized spacial score (nSPS) is 10.9. The summed E-state index contributed by atoms with van der Waals surface area (Å²) >= 11 is 5.67. The van der Waals surface area contributed by atoms with Crippen LogP contribution in [0.15, 0.2) is 27.8 Å². The summed E-state index contributed by atoms with van der Waals surface area (Å²) in [6, 6.07) is 3.91. The molecule has 0 aliphatic carbocycles. The molecule has 0 unspecified atom stereocenters. The summed E-state index contributed by atoms with van der Waals surface area (Å²) in [5, 5.41) is 28.8. The lowest BCUT2D eigenvalue weighted by Crippen LogP contribution is -2.31. The Morgan fingerprint density at radius 2 is 2.30 bits per heavy atom. The molecule has 0 amide bonds. The highest BCUT2D eigenvalue weighted by atomic mass is 35.5. The van der Waals surface area contributed by atoms with Gasteiger partial charge in [-0.25, -0.2) is 9.02 Å². The number of amidine groups is 1. The van der Waals surface area contributed by atoms with Crippen LogP contribution in [0.3, 0.4) is 0 Å². The van der Waals surface area contributed by atoms with Gasteiger partial charge in [-0.3, -0.25) is 5.41 Å². The lowest BCUT2D eigenvalue weighted by molar-refractivity contribution is 0.302. The number of nitrogens with one attached hydrogen (secondary N) is 3. The number of anilines is 1. The molecule has 11 heteroatoms. The van der Waals surface area contributed by atoms with E-state index in [0.29, 0.717) is 5.69 Å². The molecule has 0 radical (unpaired) electrons. The van der Waals surface area contributed by atoms with Crippen LogP contribution in [-0.4, -0.2) is 22.1 Å². The number of guanidine groups is 1. The minimum Gasteiger partial charge on any atom is -0.369 e. The molecule has 23 heavy (non-hydrogen) atoms. The Balaban J connectivity index is 2.08. The van der Waals surface area contributed by atoms with Crippen molar-refractivity contribution in [1.29, 1.82) is 10.7 Å². The lowest BCUT2D eigenvalue weighted by atomic mass is 10.2. The first-order valence-electron chi connectivity index (χ1n) is 6.09. The number of halogens is 2. The largest absolute Gasteiger partial charge is 0.369 e. The monoisotopic (exact) mass is 336 g/mol. The summed E-state index contributed by atoms with van der Waals surface area (Å²) in [4.78, 5) is 3.27. The molecule has 0 aliphatic rings. The number of nitrogens with two attached hydrogens (primary N) is 1. The maximum absolute atomic E-state index is 13.1. The van der Waals surface area contributed by atoms with Crippen LogP contribution in [0, 0.1) is 22.7 Å². The zero-order chi connectivity index (χ0) is 16.8. The first-order chi connectivity index (χ1) is 11.0. The number of hydrogen-bond donors (Lipinski definition) is 4. The Morgan fingerprint density at radius 1 is 1.52 bits per heavy atom. The van der Waals surface area contributed by atoms with E-state index in [4.69, 9.17) is 28.0 Å². The van der Waals surface area contributed by atoms with E-state index in [1.807, 2.05) is 0 Å². The van der Waals surface area contributed by atoms with E-state index < -0.39 is 5.82 Å². The summed E-state index contributed by atoms with van der Waals surface area (Å²) in [6.45, 7) is 0.0457. The predicted molar refractivity (Wildman–Crippen MR) is 80.2 cm³/mol. The number of rotatable bonds is 4. The Hall–Kier alpha value is -3.19. The van der Waals surface area contributed by atoms with Gasteiger partial charge in [0.1, 0.15) is 11.5 Å². The van der Waals surface area contributed by atoms with Crippen molar-refractivity contribution in [3.05, 3.63) is 40.4 Å². The van der Waals surface area contributed by atoms with E-state index >= 15 is 0 Å². The molecular weight excluding hydrogens is 327 g/mol. The van der Waals surface area contributed by atoms with E-state index in [9.17, 15) is 4.39 Å². The highest BCUT2D eigenvalue weighted by Gasteiger charge is 2.16.